The lowest BCUT2D eigenvalue weighted by Crippen LogP contribution is -2.00. The van der Waals surface area contributed by atoms with Crippen LogP contribution in [-0.4, -0.2) is 19.4 Å². The smallest absolute Gasteiger partial charge is 0.0872 e. The minimum absolute atomic E-state index is 0.985. The summed E-state index contributed by atoms with van der Waals surface area (Å²) in [5.41, 5.74) is 4.92. The molecule has 0 aliphatic carbocycles. The minimum atomic E-state index is 0.985. The van der Waals surface area contributed by atoms with E-state index in [1.165, 1.54) is 27.4 Å². The molecule has 0 unspecified atom stereocenters. The van der Waals surface area contributed by atoms with Crippen LogP contribution in [0.5, 0.6) is 0 Å². The third-order valence-electron chi connectivity index (χ3n) is 4.88. The number of fused-ring (bicyclic) bond motifs is 4. The van der Waals surface area contributed by atoms with Gasteiger partial charge in [0, 0.05) is 22.8 Å². The van der Waals surface area contributed by atoms with Gasteiger partial charge in [0.15, 0.2) is 0 Å². The third-order valence-corrected chi connectivity index (χ3v) is 4.88. The second kappa shape index (κ2) is 5.74. The van der Waals surface area contributed by atoms with E-state index in [1.54, 1.807) is 6.20 Å². The van der Waals surface area contributed by atoms with Gasteiger partial charge in [0.25, 0.3) is 0 Å². The molecule has 0 saturated heterocycles. The van der Waals surface area contributed by atoms with Crippen molar-refractivity contribution in [1.82, 2.24) is 19.4 Å². The van der Waals surface area contributed by atoms with Crippen LogP contribution < -0.4 is 0 Å². The number of hydrogen-bond acceptors (Lipinski definition) is 2. The standard InChI is InChI=1S/C21H18N4/c1-2-7-16(8-3-1)9-6-12-24-20-11-5-4-10-18(20)19-13-17-14-22-23-25(17)15-21(19)24/h1-5,7-8,10-11,13-15H,6,9,12H2. The van der Waals surface area contributed by atoms with Gasteiger partial charge in [-0.25, -0.2) is 4.52 Å². The molecule has 0 spiro atoms. The Balaban J connectivity index is 1.59. The Labute approximate surface area is 145 Å². The summed E-state index contributed by atoms with van der Waals surface area (Å²) in [7, 11) is 0. The van der Waals surface area contributed by atoms with Gasteiger partial charge in [-0.15, -0.1) is 5.10 Å². The normalized spacial score (nSPS) is 11.7. The van der Waals surface area contributed by atoms with Crippen molar-refractivity contribution in [3.63, 3.8) is 0 Å². The quantitative estimate of drug-likeness (QED) is 0.488. The lowest BCUT2D eigenvalue weighted by Gasteiger charge is -2.08. The highest BCUT2D eigenvalue weighted by atomic mass is 15.4. The van der Waals surface area contributed by atoms with Crippen molar-refractivity contribution < 1.29 is 0 Å². The second-order valence-electron chi connectivity index (χ2n) is 6.43. The summed E-state index contributed by atoms with van der Waals surface area (Å²) in [6, 6.07) is 21.5. The summed E-state index contributed by atoms with van der Waals surface area (Å²) in [5, 5.41) is 10.7. The van der Waals surface area contributed by atoms with E-state index >= 15 is 0 Å². The van der Waals surface area contributed by atoms with Gasteiger partial charge in [0.1, 0.15) is 0 Å². The first kappa shape index (κ1) is 14.2. The Morgan fingerprint density at radius 3 is 2.60 bits per heavy atom. The molecule has 0 atom stereocenters. The first-order chi connectivity index (χ1) is 12.4. The molecule has 2 aromatic carbocycles. The van der Waals surface area contributed by atoms with Crippen LogP contribution in [0.2, 0.25) is 0 Å². The Bertz CT molecular complexity index is 1170. The van der Waals surface area contributed by atoms with Crippen molar-refractivity contribution in [2.24, 2.45) is 0 Å². The van der Waals surface area contributed by atoms with Gasteiger partial charge in [-0.1, -0.05) is 53.7 Å². The number of para-hydroxylation sites is 1. The molecule has 3 aromatic heterocycles. The topological polar surface area (TPSA) is 35.1 Å². The number of nitrogens with zero attached hydrogens (tertiary/aromatic N) is 4. The zero-order chi connectivity index (χ0) is 16.6. The molecule has 0 aliphatic heterocycles. The van der Waals surface area contributed by atoms with Crippen LogP contribution in [0.25, 0.3) is 27.3 Å². The van der Waals surface area contributed by atoms with Crippen molar-refractivity contribution in [3.8, 4) is 0 Å². The lowest BCUT2D eigenvalue weighted by molar-refractivity contribution is 0.676. The number of rotatable bonds is 4. The van der Waals surface area contributed by atoms with Gasteiger partial charge >= 0.3 is 0 Å². The maximum atomic E-state index is 4.16. The second-order valence-corrected chi connectivity index (χ2v) is 6.43. The SMILES string of the molecule is c1ccc(CCCn2c3ccccc3c3cc4cnnn4cc32)cc1. The van der Waals surface area contributed by atoms with E-state index in [-0.39, 0.29) is 0 Å². The van der Waals surface area contributed by atoms with E-state index in [0.29, 0.717) is 0 Å². The highest BCUT2D eigenvalue weighted by Gasteiger charge is 2.12. The van der Waals surface area contributed by atoms with Gasteiger partial charge in [0.05, 0.1) is 23.4 Å². The average Bonchev–Trinajstić information content (AvgIpc) is 3.24. The minimum Gasteiger partial charge on any atom is -0.339 e. The van der Waals surface area contributed by atoms with Gasteiger partial charge < -0.3 is 4.57 Å². The summed E-state index contributed by atoms with van der Waals surface area (Å²) in [6.45, 7) is 0.985. The van der Waals surface area contributed by atoms with Crippen molar-refractivity contribution in [1.29, 1.82) is 0 Å². The van der Waals surface area contributed by atoms with Gasteiger partial charge in [-0.2, -0.15) is 0 Å². The van der Waals surface area contributed by atoms with Crippen LogP contribution in [0.4, 0.5) is 0 Å². The Morgan fingerprint density at radius 2 is 1.68 bits per heavy atom. The molecule has 0 saturated carbocycles. The predicted octanol–water partition coefficient (Wildman–Crippen LogP) is 4.47. The summed E-state index contributed by atoms with van der Waals surface area (Å²) in [4.78, 5) is 0. The lowest BCUT2D eigenvalue weighted by atomic mass is 10.1. The zero-order valence-corrected chi connectivity index (χ0v) is 13.8. The van der Waals surface area contributed by atoms with Crippen molar-refractivity contribution >= 4 is 27.3 Å². The molecule has 0 amide bonds. The van der Waals surface area contributed by atoms with E-state index in [0.717, 1.165) is 24.9 Å². The molecule has 0 bridgehead atoms. The molecule has 0 aliphatic rings. The van der Waals surface area contributed by atoms with Gasteiger partial charge in [-0.05, 0) is 30.5 Å². The molecule has 0 fully saturated rings. The van der Waals surface area contributed by atoms with Gasteiger partial charge in [-0.3, -0.25) is 0 Å². The van der Waals surface area contributed by atoms with E-state index in [4.69, 9.17) is 0 Å². The molecular weight excluding hydrogens is 308 g/mol. The fraction of sp³-hybridized carbons (Fsp3) is 0.143. The summed E-state index contributed by atoms with van der Waals surface area (Å²) in [6.07, 6.45) is 6.09. The predicted molar refractivity (Wildman–Crippen MR) is 101 cm³/mol. The van der Waals surface area contributed by atoms with E-state index in [2.05, 4.69) is 81.7 Å². The molecule has 3 heterocycles. The first-order valence-electron chi connectivity index (χ1n) is 8.65. The monoisotopic (exact) mass is 326 g/mol. The van der Waals surface area contributed by atoms with Crippen molar-refractivity contribution in [3.05, 3.63) is 78.6 Å². The number of pyridine rings is 1. The Kier molecular flexibility index (Phi) is 3.27. The van der Waals surface area contributed by atoms with Gasteiger partial charge in [0.2, 0.25) is 0 Å². The molecule has 25 heavy (non-hydrogen) atoms. The highest BCUT2D eigenvalue weighted by Crippen LogP contribution is 2.30. The van der Waals surface area contributed by atoms with Crippen LogP contribution in [0.15, 0.2) is 73.1 Å². The number of aryl methyl sites for hydroxylation is 2. The Morgan fingerprint density at radius 1 is 0.840 bits per heavy atom. The molecule has 4 nitrogen and oxygen atoms in total. The van der Waals surface area contributed by atoms with Crippen LogP contribution >= 0.6 is 0 Å². The van der Waals surface area contributed by atoms with E-state index in [1.807, 2.05) is 4.52 Å². The summed E-state index contributed by atoms with van der Waals surface area (Å²) >= 11 is 0. The molecule has 4 heteroatoms. The fourth-order valence-corrected chi connectivity index (χ4v) is 3.69. The molecular formula is C21H18N4. The number of hydrogen-bond donors (Lipinski definition) is 0. The first-order valence-corrected chi connectivity index (χ1v) is 8.65. The zero-order valence-electron chi connectivity index (χ0n) is 13.8. The number of aromatic nitrogens is 4. The third kappa shape index (κ3) is 2.38. The van der Waals surface area contributed by atoms with Crippen LogP contribution in [-0.2, 0) is 13.0 Å². The molecule has 5 aromatic rings. The maximum Gasteiger partial charge on any atom is 0.0872 e. The summed E-state index contributed by atoms with van der Waals surface area (Å²) < 4.78 is 4.27. The van der Waals surface area contributed by atoms with E-state index < -0.39 is 0 Å². The van der Waals surface area contributed by atoms with Crippen LogP contribution in [0.1, 0.15) is 12.0 Å². The highest BCUT2D eigenvalue weighted by molar-refractivity contribution is 6.08. The molecule has 0 radical (unpaired) electrons. The van der Waals surface area contributed by atoms with Crippen molar-refractivity contribution in [2.45, 2.75) is 19.4 Å². The van der Waals surface area contributed by atoms with Crippen LogP contribution in [0.3, 0.4) is 0 Å². The molecule has 122 valence electrons. The summed E-state index contributed by atoms with van der Waals surface area (Å²) in [5.74, 6) is 0. The average molecular weight is 326 g/mol. The van der Waals surface area contributed by atoms with Crippen LogP contribution in [0, 0.1) is 0 Å². The maximum absolute atomic E-state index is 4.16. The fourth-order valence-electron chi connectivity index (χ4n) is 3.69. The van der Waals surface area contributed by atoms with E-state index in [9.17, 15) is 0 Å². The largest absolute Gasteiger partial charge is 0.339 e. The Hall–Kier alpha value is -3.14. The van der Waals surface area contributed by atoms with Crippen molar-refractivity contribution in [2.75, 3.05) is 0 Å². The molecule has 5 rings (SSSR count). The molecule has 0 N–H and O–H groups in total. The number of benzene rings is 2.